The first-order valence-corrected chi connectivity index (χ1v) is 6.16. The van der Waals surface area contributed by atoms with Crippen LogP contribution in [0, 0.1) is 10.1 Å². The average Bonchev–Trinajstić information content (AvgIpc) is 2.40. The van der Waals surface area contributed by atoms with E-state index in [1.807, 2.05) is 4.90 Å². The number of aliphatic hydroxyl groups is 1. The van der Waals surface area contributed by atoms with Crippen LogP contribution >= 0.6 is 12.4 Å². The Kier molecular flexibility index (Phi) is 6.15. The number of aromatic hydroxyl groups is 1. The third-order valence-corrected chi connectivity index (χ3v) is 3.33. The normalized spacial score (nSPS) is 17.2. The molecule has 112 valence electrons. The molecule has 1 aliphatic rings. The molecule has 20 heavy (non-hydrogen) atoms. The quantitative estimate of drug-likeness (QED) is 0.558. The van der Waals surface area contributed by atoms with Crippen molar-refractivity contribution < 1.29 is 15.1 Å². The molecule has 2 rings (SSSR count). The van der Waals surface area contributed by atoms with Crippen LogP contribution in [0.5, 0.6) is 5.75 Å². The van der Waals surface area contributed by atoms with E-state index in [1.54, 1.807) is 0 Å². The van der Waals surface area contributed by atoms with Crippen LogP contribution in [0.2, 0.25) is 0 Å². The monoisotopic (exact) mass is 303 g/mol. The zero-order chi connectivity index (χ0) is 13.8. The Morgan fingerprint density at radius 3 is 2.60 bits per heavy atom. The number of nitrogens with zero attached hydrogens (tertiary/aromatic N) is 2. The minimum absolute atomic E-state index is 0. The molecule has 1 aromatic rings. The van der Waals surface area contributed by atoms with Gasteiger partial charge in [0.05, 0.1) is 23.1 Å². The van der Waals surface area contributed by atoms with E-state index in [1.165, 1.54) is 18.2 Å². The Bertz CT molecular complexity index is 466. The number of phenolic OH excluding ortho intramolecular Hbond substituents is 1. The molecule has 0 unspecified atom stereocenters. The van der Waals surface area contributed by atoms with Crippen LogP contribution < -0.4 is 5.32 Å². The first-order valence-electron chi connectivity index (χ1n) is 6.16. The third-order valence-electron chi connectivity index (χ3n) is 3.33. The van der Waals surface area contributed by atoms with E-state index in [2.05, 4.69) is 5.32 Å². The van der Waals surface area contributed by atoms with Gasteiger partial charge in [0.2, 0.25) is 0 Å². The third kappa shape index (κ3) is 3.57. The predicted octanol–water partition coefficient (Wildman–Crippen LogP) is 0.661. The van der Waals surface area contributed by atoms with Crippen LogP contribution in [-0.2, 0) is 0 Å². The molecule has 8 heteroatoms. The highest BCUT2D eigenvalue weighted by Gasteiger charge is 2.28. The molecule has 1 saturated heterocycles. The minimum atomic E-state index is -0.486. The summed E-state index contributed by atoms with van der Waals surface area (Å²) in [6.45, 7) is 2.76. The van der Waals surface area contributed by atoms with Crippen LogP contribution in [0.15, 0.2) is 18.2 Å². The van der Waals surface area contributed by atoms with Gasteiger partial charge in [0.1, 0.15) is 5.75 Å². The molecule has 3 N–H and O–H groups in total. The Balaban J connectivity index is 0.00000200. The van der Waals surface area contributed by atoms with Crippen LogP contribution in [0.1, 0.15) is 11.6 Å². The van der Waals surface area contributed by atoms with Crippen molar-refractivity contribution in [1.82, 2.24) is 10.2 Å². The maximum Gasteiger partial charge on any atom is 0.274 e. The number of nitrogens with one attached hydrogen (secondary N) is 1. The van der Waals surface area contributed by atoms with Gasteiger partial charge in [-0.1, -0.05) is 0 Å². The molecular weight excluding hydrogens is 286 g/mol. The lowest BCUT2D eigenvalue weighted by atomic mass is 10.0. The van der Waals surface area contributed by atoms with Crippen molar-refractivity contribution in [3.05, 3.63) is 33.9 Å². The number of piperazine rings is 1. The van der Waals surface area contributed by atoms with E-state index in [9.17, 15) is 20.3 Å². The second-order valence-electron chi connectivity index (χ2n) is 4.48. The summed E-state index contributed by atoms with van der Waals surface area (Å²) in [7, 11) is 0. The summed E-state index contributed by atoms with van der Waals surface area (Å²) in [5, 5.41) is 33.3. The fourth-order valence-corrected chi connectivity index (χ4v) is 2.38. The van der Waals surface area contributed by atoms with E-state index < -0.39 is 11.0 Å². The number of aliphatic hydroxyl groups excluding tert-OH is 1. The number of hydrogen-bond donors (Lipinski definition) is 3. The zero-order valence-electron chi connectivity index (χ0n) is 10.9. The van der Waals surface area contributed by atoms with Gasteiger partial charge in [0.15, 0.2) is 0 Å². The lowest BCUT2D eigenvalue weighted by Crippen LogP contribution is -2.46. The summed E-state index contributed by atoms with van der Waals surface area (Å²) >= 11 is 0. The molecule has 1 atom stereocenters. The molecule has 0 radical (unpaired) electrons. The summed E-state index contributed by atoms with van der Waals surface area (Å²) in [4.78, 5) is 12.5. The second-order valence-corrected chi connectivity index (χ2v) is 4.48. The van der Waals surface area contributed by atoms with Crippen LogP contribution in [0.3, 0.4) is 0 Å². The van der Waals surface area contributed by atoms with Gasteiger partial charge < -0.3 is 15.5 Å². The predicted molar refractivity (Wildman–Crippen MR) is 76.3 cm³/mol. The highest BCUT2D eigenvalue weighted by atomic mass is 35.5. The number of phenols is 1. The number of benzene rings is 1. The molecule has 1 heterocycles. The Morgan fingerprint density at radius 2 is 2.05 bits per heavy atom. The number of halogens is 1. The lowest BCUT2D eigenvalue weighted by Gasteiger charge is -2.33. The minimum Gasteiger partial charge on any atom is -0.508 e. The van der Waals surface area contributed by atoms with Crippen LogP contribution in [0.4, 0.5) is 5.69 Å². The molecule has 0 amide bonds. The largest absolute Gasteiger partial charge is 0.508 e. The standard InChI is InChI=1S/C12H17N3O4.ClH/c16-8-12(14-5-3-13-4-6-14)10-7-9(17)1-2-11(10)15(18)19;/h1-2,7,12-13,16-17H,3-6,8H2;1H/t12-;/m0./s1. The summed E-state index contributed by atoms with van der Waals surface area (Å²) in [6.07, 6.45) is 0. The van der Waals surface area contributed by atoms with Crippen molar-refractivity contribution in [2.45, 2.75) is 6.04 Å². The highest BCUT2D eigenvalue weighted by molar-refractivity contribution is 5.85. The lowest BCUT2D eigenvalue weighted by molar-refractivity contribution is -0.386. The van der Waals surface area contributed by atoms with Gasteiger partial charge in [0.25, 0.3) is 5.69 Å². The van der Waals surface area contributed by atoms with Crippen molar-refractivity contribution in [1.29, 1.82) is 0 Å². The van der Waals surface area contributed by atoms with Crippen LogP contribution in [0.25, 0.3) is 0 Å². The SMILES string of the molecule is Cl.O=[N+]([O-])c1ccc(O)cc1[C@H](CO)N1CCNCC1. The average molecular weight is 304 g/mol. The topological polar surface area (TPSA) is 98.9 Å². The number of hydrogen-bond acceptors (Lipinski definition) is 6. The maximum atomic E-state index is 11.0. The molecular formula is C12H18ClN3O4. The molecule has 1 fully saturated rings. The van der Waals surface area contributed by atoms with E-state index in [-0.39, 0.29) is 30.5 Å². The molecule has 0 spiro atoms. The Hall–Kier alpha value is -1.41. The van der Waals surface area contributed by atoms with Crippen LogP contribution in [-0.4, -0.2) is 52.8 Å². The van der Waals surface area contributed by atoms with E-state index in [0.717, 1.165) is 13.1 Å². The van der Waals surface area contributed by atoms with Gasteiger partial charge in [-0.2, -0.15) is 0 Å². The van der Waals surface area contributed by atoms with Gasteiger partial charge in [0, 0.05) is 32.2 Å². The molecule has 1 aromatic carbocycles. The van der Waals surface area contributed by atoms with Gasteiger partial charge in [-0.25, -0.2) is 0 Å². The van der Waals surface area contributed by atoms with Crippen molar-refractivity contribution in [2.24, 2.45) is 0 Å². The maximum absolute atomic E-state index is 11.0. The van der Waals surface area contributed by atoms with Crippen molar-refractivity contribution in [3.8, 4) is 5.75 Å². The smallest absolute Gasteiger partial charge is 0.274 e. The summed E-state index contributed by atoms with van der Waals surface area (Å²) in [6, 6.07) is 3.46. The van der Waals surface area contributed by atoms with Gasteiger partial charge in [-0.15, -0.1) is 12.4 Å². The number of nitro benzene ring substituents is 1. The highest BCUT2D eigenvalue weighted by Crippen LogP contribution is 2.32. The Labute approximate surface area is 122 Å². The molecule has 0 saturated carbocycles. The van der Waals surface area contributed by atoms with Gasteiger partial charge in [-0.3, -0.25) is 15.0 Å². The van der Waals surface area contributed by atoms with E-state index in [0.29, 0.717) is 18.7 Å². The summed E-state index contributed by atoms with van der Waals surface area (Å²) in [5.41, 5.74) is 0.282. The summed E-state index contributed by atoms with van der Waals surface area (Å²) < 4.78 is 0. The fourth-order valence-electron chi connectivity index (χ4n) is 2.38. The number of nitro groups is 1. The van der Waals surface area contributed by atoms with Gasteiger partial charge in [-0.05, 0) is 12.1 Å². The zero-order valence-corrected chi connectivity index (χ0v) is 11.7. The number of rotatable bonds is 4. The molecule has 0 aromatic heterocycles. The molecule has 0 bridgehead atoms. The first kappa shape index (κ1) is 16.6. The molecule has 7 nitrogen and oxygen atoms in total. The molecule has 0 aliphatic carbocycles. The molecule has 1 aliphatic heterocycles. The van der Waals surface area contributed by atoms with Gasteiger partial charge >= 0.3 is 0 Å². The van der Waals surface area contributed by atoms with Crippen molar-refractivity contribution in [3.63, 3.8) is 0 Å². The summed E-state index contributed by atoms with van der Waals surface area (Å²) in [5.74, 6) is -0.0332. The van der Waals surface area contributed by atoms with Crippen molar-refractivity contribution in [2.75, 3.05) is 32.8 Å². The van der Waals surface area contributed by atoms with Crippen molar-refractivity contribution >= 4 is 18.1 Å². The van der Waals surface area contributed by atoms with E-state index >= 15 is 0 Å². The Morgan fingerprint density at radius 1 is 1.40 bits per heavy atom. The first-order chi connectivity index (χ1) is 9.13. The van der Waals surface area contributed by atoms with E-state index in [4.69, 9.17) is 0 Å². The fraction of sp³-hybridized carbons (Fsp3) is 0.500. The second kappa shape index (κ2) is 7.39.